The van der Waals surface area contributed by atoms with E-state index in [9.17, 15) is 4.79 Å². The van der Waals surface area contributed by atoms with Gasteiger partial charge in [0.15, 0.2) is 0 Å². The molecule has 0 unspecified atom stereocenters. The summed E-state index contributed by atoms with van der Waals surface area (Å²) in [5.41, 5.74) is 6.59. The van der Waals surface area contributed by atoms with E-state index in [1.165, 1.54) is 0 Å². The van der Waals surface area contributed by atoms with E-state index >= 15 is 0 Å². The Balaban J connectivity index is 1.92. The fourth-order valence-electron chi connectivity index (χ4n) is 2.48. The Hall–Kier alpha value is -1.87. The summed E-state index contributed by atoms with van der Waals surface area (Å²) in [6.45, 7) is 1.44. The lowest BCUT2D eigenvalue weighted by Gasteiger charge is -2.16. The zero-order chi connectivity index (χ0) is 12.5. The van der Waals surface area contributed by atoms with Crippen molar-refractivity contribution in [1.82, 2.24) is 4.90 Å². The Kier molecular flexibility index (Phi) is 2.76. The van der Waals surface area contributed by atoms with Crippen LogP contribution in [0.2, 0.25) is 0 Å². The highest BCUT2D eigenvalue weighted by Crippen LogP contribution is 2.18. The average Bonchev–Trinajstić information content (AvgIpc) is 2.84. The molecule has 1 atom stereocenters. The Morgan fingerprint density at radius 1 is 1.17 bits per heavy atom. The normalized spacial score (nSPS) is 19.4. The highest BCUT2D eigenvalue weighted by molar-refractivity contribution is 5.98. The highest BCUT2D eigenvalue weighted by Gasteiger charge is 2.24. The van der Waals surface area contributed by atoms with Gasteiger partial charge in [0, 0.05) is 24.7 Å². The lowest BCUT2D eigenvalue weighted by Crippen LogP contribution is -2.31. The number of hydrogen-bond donors (Lipinski definition) is 1. The van der Waals surface area contributed by atoms with Crippen LogP contribution in [-0.4, -0.2) is 29.9 Å². The number of likely N-dealkylation sites (tertiary alicyclic amines) is 1. The van der Waals surface area contributed by atoms with Crippen LogP contribution in [0.4, 0.5) is 0 Å². The molecule has 1 heterocycles. The molecule has 0 bridgehead atoms. The number of carbonyl (C=O) groups is 1. The summed E-state index contributed by atoms with van der Waals surface area (Å²) in [7, 11) is 0. The molecule has 0 spiro atoms. The van der Waals surface area contributed by atoms with Gasteiger partial charge in [-0.3, -0.25) is 4.79 Å². The van der Waals surface area contributed by atoms with Gasteiger partial charge in [-0.25, -0.2) is 0 Å². The third-order valence-corrected chi connectivity index (χ3v) is 3.51. The first-order chi connectivity index (χ1) is 8.74. The monoisotopic (exact) mass is 240 g/mol. The second kappa shape index (κ2) is 4.42. The molecule has 2 aromatic carbocycles. The summed E-state index contributed by atoms with van der Waals surface area (Å²) in [5, 5.41) is 2.26. The summed E-state index contributed by atoms with van der Waals surface area (Å²) in [4.78, 5) is 14.1. The van der Waals surface area contributed by atoms with Crippen LogP contribution >= 0.6 is 0 Å². The zero-order valence-corrected chi connectivity index (χ0v) is 10.2. The molecule has 18 heavy (non-hydrogen) atoms. The van der Waals surface area contributed by atoms with Crippen molar-refractivity contribution in [3.05, 3.63) is 48.0 Å². The Bertz CT molecular complexity index is 594. The van der Waals surface area contributed by atoms with Gasteiger partial charge < -0.3 is 10.6 Å². The molecule has 0 aliphatic carbocycles. The Labute approximate surface area is 106 Å². The molecule has 0 aromatic heterocycles. The molecule has 1 aliphatic heterocycles. The van der Waals surface area contributed by atoms with Crippen LogP contribution in [0.1, 0.15) is 16.8 Å². The van der Waals surface area contributed by atoms with E-state index in [2.05, 4.69) is 6.07 Å². The fraction of sp³-hybridized carbons (Fsp3) is 0.267. The summed E-state index contributed by atoms with van der Waals surface area (Å²) in [6, 6.07) is 14.1. The minimum atomic E-state index is 0.0914. The molecule has 3 rings (SSSR count). The van der Waals surface area contributed by atoms with Crippen LogP contribution < -0.4 is 5.73 Å². The van der Waals surface area contributed by atoms with Crippen molar-refractivity contribution in [2.24, 2.45) is 5.73 Å². The molecule has 92 valence electrons. The standard InChI is InChI=1S/C15H16N2O/c16-14-7-8-17(10-14)15(18)13-6-5-11-3-1-2-4-12(11)9-13/h1-6,9,14H,7-8,10,16H2/t14-/m0/s1. The SMILES string of the molecule is N[C@H]1CCN(C(=O)c2ccc3ccccc3c2)C1. The Morgan fingerprint density at radius 2 is 1.94 bits per heavy atom. The molecule has 3 heteroatoms. The van der Waals surface area contributed by atoms with Gasteiger partial charge in [-0.05, 0) is 29.3 Å². The molecular weight excluding hydrogens is 224 g/mol. The van der Waals surface area contributed by atoms with Crippen molar-refractivity contribution in [3.8, 4) is 0 Å². The molecule has 1 saturated heterocycles. The third kappa shape index (κ3) is 1.97. The number of carbonyl (C=O) groups excluding carboxylic acids is 1. The summed E-state index contributed by atoms with van der Waals surface area (Å²) >= 11 is 0. The van der Waals surface area contributed by atoms with Crippen molar-refractivity contribution < 1.29 is 4.79 Å². The van der Waals surface area contributed by atoms with Crippen molar-refractivity contribution >= 4 is 16.7 Å². The van der Waals surface area contributed by atoms with Gasteiger partial charge in [0.25, 0.3) is 5.91 Å². The minimum absolute atomic E-state index is 0.0914. The van der Waals surface area contributed by atoms with Crippen LogP contribution in [0.5, 0.6) is 0 Å². The number of benzene rings is 2. The number of nitrogens with two attached hydrogens (primary N) is 1. The van der Waals surface area contributed by atoms with Gasteiger partial charge >= 0.3 is 0 Å². The summed E-state index contributed by atoms with van der Waals surface area (Å²) in [5.74, 6) is 0.0914. The van der Waals surface area contributed by atoms with Crippen LogP contribution in [0.3, 0.4) is 0 Å². The zero-order valence-electron chi connectivity index (χ0n) is 10.2. The van der Waals surface area contributed by atoms with Gasteiger partial charge in [0.1, 0.15) is 0 Å². The first-order valence-electron chi connectivity index (χ1n) is 6.28. The van der Waals surface area contributed by atoms with Gasteiger partial charge in [-0.1, -0.05) is 30.3 Å². The van der Waals surface area contributed by atoms with Crippen LogP contribution in [0.15, 0.2) is 42.5 Å². The van der Waals surface area contributed by atoms with E-state index in [4.69, 9.17) is 5.73 Å². The van der Waals surface area contributed by atoms with Crippen molar-refractivity contribution in [1.29, 1.82) is 0 Å². The number of nitrogens with zero attached hydrogens (tertiary/aromatic N) is 1. The third-order valence-electron chi connectivity index (χ3n) is 3.51. The highest BCUT2D eigenvalue weighted by atomic mass is 16.2. The topological polar surface area (TPSA) is 46.3 Å². The Morgan fingerprint density at radius 3 is 2.67 bits per heavy atom. The first-order valence-corrected chi connectivity index (χ1v) is 6.28. The lowest BCUT2D eigenvalue weighted by atomic mass is 10.1. The maximum atomic E-state index is 12.3. The smallest absolute Gasteiger partial charge is 0.253 e. The second-order valence-electron chi connectivity index (χ2n) is 4.86. The molecule has 2 aromatic rings. The predicted octanol–water partition coefficient (Wildman–Crippen LogP) is 2.01. The van der Waals surface area contributed by atoms with E-state index in [0.29, 0.717) is 6.54 Å². The largest absolute Gasteiger partial charge is 0.337 e. The molecule has 0 saturated carbocycles. The summed E-state index contributed by atoms with van der Waals surface area (Å²) < 4.78 is 0. The van der Waals surface area contributed by atoms with E-state index in [-0.39, 0.29) is 11.9 Å². The minimum Gasteiger partial charge on any atom is -0.337 e. The second-order valence-corrected chi connectivity index (χ2v) is 4.86. The maximum absolute atomic E-state index is 12.3. The lowest BCUT2D eigenvalue weighted by molar-refractivity contribution is 0.0791. The van der Waals surface area contributed by atoms with E-state index < -0.39 is 0 Å². The van der Waals surface area contributed by atoms with Gasteiger partial charge in [0.2, 0.25) is 0 Å². The van der Waals surface area contributed by atoms with E-state index in [0.717, 1.165) is 29.3 Å². The predicted molar refractivity (Wildman–Crippen MR) is 72.4 cm³/mol. The average molecular weight is 240 g/mol. The van der Waals surface area contributed by atoms with Crippen LogP contribution in [0.25, 0.3) is 10.8 Å². The molecule has 1 aliphatic rings. The van der Waals surface area contributed by atoms with Crippen molar-refractivity contribution in [2.45, 2.75) is 12.5 Å². The van der Waals surface area contributed by atoms with E-state index in [1.54, 1.807) is 0 Å². The molecule has 3 nitrogen and oxygen atoms in total. The number of amides is 1. The van der Waals surface area contributed by atoms with Crippen molar-refractivity contribution in [2.75, 3.05) is 13.1 Å². The first kappa shape index (κ1) is 11.2. The van der Waals surface area contributed by atoms with Gasteiger partial charge in [0.05, 0.1) is 0 Å². The molecule has 2 N–H and O–H groups in total. The van der Waals surface area contributed by atoms with Gasteiger partial charge in [-0.2, -0.15) is 0 Å². The number of rotatable bonds is 1. The molecular formula is C15H16N2O. The fourth-order valence-corrected chi connectivity index (χ4v) is 2.48. The van der Waals surface area contributed by atoms with Crippen LogP contribution in [-0.2, 0) is 0 Å². The quantitative estimate of drug-likeness (QED) is 0.828. The van der Waals surface area contributed by atoms with Crippen LogP contribution in [0, 0.1) is 0 Å². The molecule has 1 fully saturated rings. The summed E-state index contributed by atoms with van der Waals surface area (Å²) in [6.07, 6.45) is 0.902. The van der Waals surface area contributed by atoms with Gasteiger partial charge in [-0.15, -0.1) is 0 Å². The number of hydrogen-bond acceptors (Lipinski definition) is 2. The molecule has 0 radical (unpaired) electrons. The maximum Gasteiger partial charge on any atom is 0.253 e. The number of fused-ring (bicyclic) bond motifs is 1. The van der Waals surface area contributed by atoms with E-state index in [1.807, 2.05) is 41.3 Å². The van der Waals surface area contributed by atoms with Crippen molar-refractivity contribution in [3.63, 3.8) is 0 Å². The molecule has 1 amide bonds.